The van der Waals surface area contributed by atoms with E-state index >= 15 is 0 Å². The summed E-state index contributed by atoms with van der Waals surface area (Å²) >= 11 is 0. The molecule has 4 nitrogen and oxygen atoms in total. The van der Waals surface area contributed by atoms with Crippen molar-refractivity contribution >= 4 is 5.91 Å². The molecule has 110 valence electrons. The minimum Gasteiger partial charge on any atom is -0.466 e. The van der Waals surface area contributed by atoms with Crippen LogP contribution in [-0.4, -0.2) is 17.6 Å². The lowest BCUT2D eigenvalue weighted by atomic mass is 9.94. The number of carbonyl (C=O) groups is 1. The van der Waals surface area contributed by atoms with Gasteiger partial charge in [-0.15, -0.1) is 0 Å². The van der Waals surface area contributed by atoms with Crippen molar-refractivity contribution in [1.29, 1.82) is 0 Å². The number of carbonyl (C=O) groups excluding carboxylic acids is 1. The summed E-state index contributed by atoms with van der Waals surface area (Å²) in [5.41, 5.74) is -1.26. The number of benzene rings is 1. The number of hydrogen-bond donors (Lipinski definition) is 2. The molecule has 0 bridgehead atoms. The summed E-state index contributed by atoms with van der Waals surface area (Å²) in [4.78, 5) is 12.0. The van der Waals surface area contributed by atoms with Gasteiger partial charge < -0.3 is 14.8 Å². The van der Waals surface area contributed by atoms with Crippen LogP contribution in [0.25, 0.3) is 0 Å². The van der Waals surface area contributed by atoms with E-state index in [9.17, 15) is 14.3 Å². The van der Waals surface area contributed by atoms with Gasteiger partial charge in [0, 0.05) is 0 Å². The number of nitrogens with one attached hydrogen (secondary N) is 1. The number of hydrogen-bond acceptors (Lipinski definition) is 3. The smallest absolute Gasteiger partial charge is 0.254 e. The number of furan rings is 1. The van der Waals surface area contributed by atoms with Crippen LogP contribution in [0, 0.1) is 11.7 Å². The van der Waals surface area contributed by atoms with Crippen LogP contribution in [0.2, 0.25) is 0 Å². The fraction of sp³-hybridized carbons (Fsp3) is 0.312. The van der Waals surface area contributed by atoms with Gasteiger partial charge in [-0.05, 0) is 43.0 Å². The van der Waals surface area contributed by atoms with Crippen LogP contribution in [0.1, 0.15) is 29.0 Å². The molecule has 1 saturated carbocycles. The van der Waals surface area contributed by atoms with Crippen LogP contribution in [0.15, 0.2) is 47.1 Å². The Morgan fingerprint density at radius 1 is 1.33 bits per heavy atom. The molecule has 1 aromatic heterocycles. The van der Waals surface area contributed by atoms with E-state index in [1.807, 2.05) is 0 Å². The van der Waals surface area contributed by atoms with E-state index in [1.165, 1.54) is 24.5 Å². The van der Waals surface area contributed by atoms with Gasteiger partial charge in [0.05, 0.1) is 18.4 Å². The molecule has 1 atom stereocenters. The number of amides is 1. The third kappa shape index (κ3) is 2.69. The summed E-state index contributed by atoms with van der Waals surface area (Å²) in [6, 6.07) is 9.14. The van der Waals surface area contributed by atoms with Gasteiger partial charge in [0.15, 0.2) is 0 Å². The zero-order chi connectivity index (χ0) is 14.9. The maximum atomic E-state index is 13.6. The zero-order valence-corrected chi connectivity index (χ0v) is 11.4. The SMILES string of the molecule is O=C(NC[C@@](O)(c1ccco1)C1CC1)c1ccccc1F. The molecule has 1 amide bonds. The highest BCUT2D eigenvalue weighted by atomic mass is 19.1. The first kappa shape index (κ1) is 13.8. The minimum atomic E-state index is -1.23. The molecule has 0 radical (unpaired) electrons. The second kappa shape index (κ2) is 5.33. The largest absolute Gasteiger partial charge is 0.466 e. The molecule has 1 heterocycles. The molecule has 2 N–H and O–H groups in total. The molecule has 1 fully saturated rings. The van der Waals surface area contributed by atoms with Gasteiger partial charge in [0.25, 0.3) is 5.91 Å². The standard InChI is InChI=1S/C16H16FNO3/c17-13-5-2-1-4-12(13)15(19)18-10-16(20,11-7-8-11)14-6-3-9-21-14/h1-6,9,11,20H,7-8,10H2,(H,18,19)/t16-/m0/s1. The molecule has 1 aliphatic carbocycles. The van der Waals surface area contributed by atoms with Crippen molar-refractivity contribution in [1.82, 2.24) is 5.32 Å². The van der Waals surface area contributed by atoms with E-state index in [2.05, 4.69) is 5.32 Å². The molecule has 0 unspecified atom stereocenters. The van der Waals surface area contributed by atoms with Crippen molar-refractivity contribution in [3.63, 3.8) is 0 Å². The van der Waals surface area contributed by atoms with E-state index in [0.29, 0.717) is 5.76 Å². The Morgan fingerprint density at radius 2 is 2.10 bits per heavy atom. The monoisotopic (exact) mass is 289 g/mol. The molecule has 1 aromatic carbocycles. The maximum absolute atomic E-state index is 13.6. The predicted octanol–water partition coefficient (Wildman–Crippen LogP) is 2.45. The normalized spacial score (nSPS) is 17.2. The zero-order valence-electron chi connectivity index (χ0n) is 11.4. The summed E-state index contributed by atoms with van der Waals surface area (Å²) in [7, 11) is 0. The van der Waals surface area contributed by atoms with Crippen molar-refractivity contribution < 1.29 is 18.7 Å². The second-order valence-electron chi connectivity index (χ2n) is 5.34. The van der Waals surface area contributed by atoms with Gasteiger partial charge in [-0.2, -0.15) is 0 Å². The van der Waals surface area contributed by atoms with E-state index < -0.39 is 17.3 Å². The molecule has 3 rings (SSSR count). The van der Waals surface area contributed by atoms with E-state index in [4.69, 9.17) is 4.42 Å². The van der Waals surface area contributed by atoms with Gasteiger partial charge in [0.1, 0.15) is 17.2 Å². The number of aliphatic hydroxyl groups is 1. The van der Waals surface area contributed by atoms with Crippen molar-refractivity contribution in [2.45, 2.75) is 18.4 Å². The average Bonchev–Trinajstić information content (AvgIpc) is 3.20. The highest BCUT2D eigenvalue weighted by molar-refractivity contribution is 5.94. The van der Waals surface area contributed by atoms with Gasteiger partial charge >= 0.3 is 0 Å². The number of rotatable bonds is 5. The first-order valence-electron chi connectivity index (χ1n) is 6.90. The molecule has 0 saturated heterocycles. The summed E-state index contributed by atoms with van der Waals surface area (Å²) in [5.74, 6) is -0.634. The third-order valence-corrected chi connectivity index (χ3v) is 3.84. The first-order chi connectivity index (χ1) is 10.1. The summed E-state index contributed by atoms with van der Waals surface area (Å²) in [6.45, 7) is -0.00164. The fourth-order valence-corrected chi connectivity index (χ4v) is 2.47. The second-order valence-corrected chi connectivity index (χ2v) is 5.34. The minimum absolute atomic E-state index is 0.00164. The Hall–Kier alpha value is -2.14. The lowest BCUT2D eigenvalue weighted by Gasteiger charge is -2.26. The van der Waals surface area contributed by atoms with Crippen molar-refractivity contribution in [3.8, 4) is 0 Å². The van der Waals surface area contributed by atoms with Gasteiger partial charge in [-0.25, -0.2) is 4.39 Å². The van der Waals surface area contributed by atoms with Gasteiger partial charge in [0.2, 0.25) is 0 Å². The van der Waals surface area contributed by atoms with E-state index in [0.717, 1.165) is 12.8 Å². The Labute approximate surface area is 121 Å². The Morgan fingerprint density at radius 3 is 2.71 bits per heavy atom. The summed E-state index contributed by atoms with van der Waals surface area (Å²) in [6.07, 6.45) is 3.25. The lowest BCUT2D eigenvalue weighted by molar-refractivity contribution is -0.00614. The Bertz CT molecular complexity index is 637. The molecule has 5 heteroatoms. The molecular formula is C16H16FNO3. The van der Waals surface area contributed by atoms with Gasteiger partial charge in [-0.3, -0.25) is 4.79 Å². The highest BCUT2D eigenvalue weighted by Crippen LogP contribution is 2.45. The molecule has 2 aromatic rings. The summed E-state index contributed by atoms with van der Waals surface area (Å²) in [5, 5.41) is 13.4. The van der Waals surface area contributed by atoms with Crippen molar-refractivity contribution in [3.05, 3.63) is 59.8 Å². The van der Waals surface area contributed by atoms with Crippen LogP contribution in [0.5, 0.6) is 0 Å². The van der Waals surface area contributed by atoms with Crippen molar-refractivity contribution in [2.75, 3.05) is 6.54 Å². The Balaban J connectivity index is 1.74. The maximum Gasteiger partial charge on any atom is 0.254 e. The van der Waals surface area contributed by atoms with Gasteiger partial charge in [-0.1, -0.05) is 12.1 Å². The molecule has 21 heavy (non-hydrogen) atoms. The Kier molecular flexibility index (Phi) is 3.51. The van der Waals surface area contributed by atoms with Crippen molar-refractivity contribution in [2.24, 2.45) is 5.92 Å². The van der Waals surface area contributed by atoms with Crippen LogP contribution >= 0.6 is 0 Å². The van der Waals surface area contributed by atoms with Crippen LogP contribution in [0.3, 0.4) is 0 Å². The van der Waals surface area contributed by atoms with Crippen LogP contribution in [0.4, 0.5) is 4.39 Å². The fourth-order valence-electron chi connectivity index (χ4n) is 2.47. The summed E-state index contributed by atoms with van der Waals surface area (Å²) < 4.78 is 18.8. The van der Waals surface area contributed by atoms with E-state index in [-0.39, 0.29) is 18.0 Å². The number of halogens is 1. The average molecular weight is 289 g/mol. The quantitative estimate of drug-likeness (QED) is 0.888. The topological polar surface area (TPSA) is 62.5 Å². The molecular weight excluding hydrogens is 273 g/mol. The van der Waals surface area contributed by atoms with Crippen LogP contribution in [-0.2, 0) is 5.60 Å². The molecule has 1 aliphatic rings. The highest BCUT2D eigenvalue weighted by Gasteiger charge is 2.47. The molecule has 0 spiro atoms. The third-order valence-electron chi connectivity index (χ3n) is 3.84. The molecule has 0 aliphatic heterocycles. The van der Waals surface area contributed by atoms with E-state index in [1.54, 1.807) is 18.2 Å². The van der Waals surface area contributed by atoms with Crippen LogP contribution < -0.4 is 5.32 Å². The predicted molar refractivity (Wildman–Crippen MR) is 74.1 cm³/mol. The first-order valence-corrected chi connectivity index (χ1v) is 6.90. The lowest BCUT2D eigenvalue weighted by Crippen LogP contribution is -2.42.